The predicted octanol–water partition coefficient (Wildman–Crippen LogP) is 1.66. The molecule has 0 aliphatic heterocycles. The molecule has 0 rings (SSSR count). The van der Waals surface area contributed by atoms with E-state index in [4.69, 9.17) is 28.4 Å². The Morgan fingerprint density at radius 3 is 1.29 bits per heavy atom. The van der Waals surface area contributed by atoms with Crippen molar-refractivity contribution in [2.75, 3.05) is 54.2 Å². The Morgan fingerprint density at radius 1 is 0.569 bits per heavy atom. The van der Waals surface area contributed by atoms with Crippen LogP contribution in [0.25, 0.3) is 0 Å². The van der Waals surface area contributed by atoms with Gasteiger partial charge in [-0.1, -0.05) is 6.58 Å². The van der Waals surface area contributed by atoms with E-state index in [0.717, 1.165) is 14.2 Å². The SMILES string of the molecule is C=C(OC)C(CCCCN=C=O)NC(=O)OC(COC(=O)NC(CCCCN=C=O)C(=O)OC)COC(=O)NC(CCCCN=C=O)C(=O)OC. The van der Waals surface area contributed by atoms with Gasteiger partial charge in [0.15, 0.2) is 6.10 Å². The van der Waals surface area contributed by atoms with E-state index in [0.29, 0.717) is 44.9 Å². The van der Waals surface area contributed by atoms with Gasteiger partial charge in [-0.15, -0.1) is 0 Å². The number of isocyanates is 3. The van der Waals surface area contributed by atoms with Crippen LogP contribution in [0.4, 0.5) is 14.4 Å². The van der Waals surface area contributed by atoms with Crippen molar-refractivity contribution in [3.8, 4) is 0 Å². The Balaban J connectivity index is 5.65. The van der Waals surface area contributed by atoms with Gasteiger partial charge in [0.2, 0.25) is 18.2 Å². The summed E-state index contributed by atoms with van der Waals surface area (Å²) < 4.78 is 30.3. The number of alkyl carbamates (subject to hydrolysis) is 3. The quantitative estimate of drug-likeness (QED) is 0.0272. The number of amides is 3. The summed E-state index contributed by atoms with van der Waals surface area (Å²) in [4.78, 5) is 104. The number of ether oxygens (including phenoxy) is 6. The average molecular weight is 727 g/mol. The van der Waals surface area contributed by atoms with Gasteiger partial charge in [-0.3, -0.25) is 0 Å². The van der Waals surface area contributed by atoms with Crippen LogP contribution in [0.1, 0.15) is 57.8 Å². The molecule has 20 nitrogen and oxygen atoms in total. The molecule has 0 radical (unpaired) electrons. The van der Waals surface area contributed by atoms with E-state index < -0.39 is 67.7 Å². The van der Waals surface area contributed by atoms with Gasteiger partial charge in [0.1, 0.15) is 31.1 Å². The summed E-state index contributed by atoms with van der Waals surface area (Å²) in [5.74, 6) is -1.35. The summed E-state index contributed by atoms with van der Waals surface area (Å²) in [6, 6.07) is -2.98. The summed E-state index contributed by atoms with van der Waals surface area (Å²) >= 11 is 0. The van der Waals surface area contributed by atoms with Gasteiger partial charge in [-0.25, -0.2) is 53.3 Å². The molecule has 0 aliphatic rings. The highest BCUT2D eigenvalue weighted by molar-refractivity contribution is 5.82. The Kier molecular flexibility index (Phi) is 26.1. The normalized spacial score (nSPS) is 12.3. The zero-order chi connectivity index (χ0) is 38.3. The fourth-order valence-corrected chi connectivity index (χ4v) is 4.14. The number of carbonyl (C=O) groups is 5. The fraction of sp³-hybridized carbons (Fsp3) is 0.677. The van der Waals surface area contributed by atoms with Crippen LogP contribution in [0, 0.1) is 0 Å². The second-order valence-electron chi connectivity index (χ2n) is 10.4. The Bertz CT molecular complexity index is 1200. The minimum Gasteiger partial charge on any atom is -0.500 e. The maximum atomic E-state index is 12.9. The molecule has 0 bridgehead atoms. The number of nitrogens with one attached hydrogen (secondary N) is 3. The molecule has 0 saturated heterocycles. The summed E-state index contributed by atoms with van der Waals surface area (Å²) in [7, 11) is 3.60. The molecule has 3 amide bonds. The van der Waals surface area contributed by atoms with Gasteiger partial charge < -0.3 is 44.4 Å². The molecule has 0 fully saturated rings. The molecular formula is C31H46N6O14. The number of methoxy groups -OCH3 is 3. The molecule has 0 saturated carbocycles. The molecule has 51 heavy (non-hydrogen) atoms. The number of unbranched alkanes of at least 4 members (excludes halogenated alkanes) is 3. The third-order valence-corrected chi connectivity index (χ3v) is 6.80. The van der Waals surface area contributed by atoms with Crippen molar-refractivity contribution < 1.29 is 66.8 Å². The number of rotatable bonds is 27. The van der Waals surface area contributed by atoms with Crippen molar-refractivity contribution in [2.45, 2.75) is 82.0 Å². The molecule has 0 heterocycles. The maximum absolute atomic E-state index is 12.9. The predicted molar refractivity (Wildman–Crippen MR) is 174 cm³/mol. The average Bonchev–Trinajstić information content (AvgIpc) is 3.12. The number of hydrogen-bond acceptors (Lipinski definition) is 17. The lowest BCUT2D eigenvalue weighted by atomic mass is 10.1. The molecule has 0 aromatic rings. The Hall–Kier alpha value is -5.57. The number of carbonyl (C=O) groups excluding carboxylic acids is 8. The van der Waals surface area contributed by atoms with Gasteiger partial charge in [-0.2, -0.15) is 0 Å². The van der Waals surface area contributed by atoms with Gasteiger partial charge in [0, 0.05) is 0 Å². The van der Waals surface area contributed by atoms with Crippen molar-refractivity contribution in [1.82, 2.24) is 16.0 Å². The molecule has 3 atom stereocenters. The molecule has 3 N–H and O–H groups in total. The Labute approximate surface area is 294 Å². The summed E-state index contributed by atoms with van der Waals surface area (Å²) in [5, 5.41) is 7.24. The monoisotopic (exact) mass is 726 g/mol. The molecule has 0 aromatic heterocycles. The van der Waals surface area contributed by atoms with Crippen molar-refractivity contribution in [3.05, 3.63) is 12.3 Å². The first-order valence-electron chi connectivity index (χ1n) is 15.9. The standard InChI is InChI=1S/C31H46N6O14/c1-22(46-2)24(11-5-8-14-32-19-38)35-31(45)51-23(17-49-29(43)36-25(27(41)47-3)12-6-9-15-33-20-39)18-50-30(44)37-26(28(42)48-4)13-7-10-16-34-21-40/h23-26H,1,5-18H2,2-4H3,(H,35,45)(H,36,43)(H,37,44). The van der Waals surface area contributed by atoms with E-state index in [-0.39, 0.29) is 38.2 Å². The highest BCUT2D eigenvalue weighted by Crippen LogP contribution is 2.11. The van der Waals surface area contributed by atoms with E-state index in [1.54, 1.807) is 0 Å². The first-order chi connectivity index (χ1) is 24.6. The van der Waals surface area contributed by atoms with Crippen molar-refractivity contribution in [2.24, 2.45) is 15.0 Å². The molecule has 0 aromatic carbocycles. The molecule has 0 spiro atoms. The third kappa shape index (κ3) is 22.6. The minimum absolute atomic E-state index is 0.125. The van der Waals surface area contributed by atoms with Gasteiger partial charge in [0.25, 0.3) is 0 Å². The van der Waals surface area contributed by atoms with E-state index in [1.165, 1.54) is 25.3 Å². The summed E-state index contributed by atoms with van der Waals surface area (Å²) in [6.45, 7) is 3.03. The number of nitrogens with zero attached hydrogens (tertiary/aromatic N) is 3. The summed E-state index contributed by atoms with van der Waals surface area (Å²) in [6.07, 6.45) is 2.84. The van der Waals surface area contributed by atoms with Crippen LogP contribution < -0.4 is 16.0 Å². The highest BCUT2D eigenvalue weighted by atomic mass is 16.6. The lowest BCUT2D eigenvalue weighted by Gasteiger charge is -2.23. The smallest absolute Gasteiger partial charge is 0.408 e. The van der Waals surface area contributed by atoms with Crippen LogP contribution in [0.5, 0.6) is 0 Å². The largest absolute Gasteiger partial charge is 0.500 e. The second kappa shape index (κ2) is 29.4. The second-order valence-corrected chi connectivity index (χ2v) is 10.4. The van der Waals surface area contributed by atoms with Crippen molar-refractivity contribution in [3.63, 3.8) is 0 Å². The van der Waals surface area contributed by atoms with E-state index in [9.17, 15) is 38.4 Å². The zero-order valence-electron chi connectivity index (χ0n) is 29.0. The number of esters is 2. The van der Waals surface area contributed by atoms with Crippen LogP contribution in [-0.4, -0.2) is 127 Å². The van der Waals surface area contributed by atoms with Gasteiger partial charge in [0.05, 0.1) is 47.0 Å². The van der Waals surface area contributed by atoms with Crippen molar-refractivity contribution in [1.29, 1.82) is 0 Å². The Morgan fingerprint density at radius 2 is 0.941 bits per heavy atom. The third-order valence-electron chi connectivity index (χ3n) is 6.80. The zero-order valence-corrected chi connectivity index (χ0v) is 29.0. The van der Waals surface area contributed by atoms with E-state index in [1.807, 2.05) is 0 Å². The number of aliphatic imine (C=N–C) groups is 3. The summed E-state index contributed by atoms with van der Waals surface area (Å²) in [5.41, 5.74) is 0. The first-order valence-corrected chi connectivity index (χ1v) is 15.9. The molecule has 20 heteroatoms. The topological polar surface area (TPSA) is 265 Å². The van der Waals surface area contributed by atoms with E-state index in [2.05, 4.69) is 37.5 Å². The fourth-order valence-electron chi connectivity index (χ4n) is 4.14. The minimum atomic E-state index is -1.41. The van der Waals surface area contributed by atoms with Crippen LogP contribution >= 0.6 is 0 Å². The first kappa shape index (κ1) is 45.4. The van der Waals surface area contributed by atoms with Crippen LogP contribution in [0.2, 0.25) is 0 Å². The maximum Gasteiger partial charge on any atom is 0.408 e. The molecular weight excluding hydrogens is 680 g/mol. The van der Waals surface area contributed by atoms with Gasteiger partial charge in [-0.05, 0) is 57.8 Å². The van der Waals surface area contributed by atoms with Crippen LogP contribution in [0.15, 0.2) is 27.3 Å². The van der Waals surface area contributed by atoms with Crippen LogP contribution in [0.3, 0.4) is 0 Å². The highest BCUT2D eigenvalue weighted by Gasteiger charge is 2.27. The van der Waals surface area contributed by atoms with Gasteiger partial charge >= 0.3 is 30.2 Å². The number of hydrogen-bond donors (Lipinski definition) is 3. The lowest BCUT2D eigenvalue weighted by molar-refractivity contribution is -0.144. The molecule has 3 unspecified atom stereocenters. The molecule has 284 valence electrons. The van der Waals surface area contributed by atoms with Crippen LogP contribution in [-0.2, 0) is 52.4 Å². The lowest BCUT2D eigenvalue weighted by Crippen LogP contribution is -2.45. The van der Waals surface area contributed by atoms with E-state index >= 15 is 0 Å². The molecule has 0 aliphatic carbocycles. The van der Waals surface area contributed by atoms with Crippen molar-refractivity contribution >= 4 is 48.5 Å².